The van der Waals surface area contributed by atoms with Crippen LogP contribution in [0.4, 0.5) is 11.4 Å². The molecular formula is C18H18N2O2. The minimum Gasteiger partial charge on any atom is -0.373 e. The molecule has 0 bridgehead atoms. The first-order valence-electron chi connectivity index (χ1n) is 7.32. The average Bonchev–Trinajstić information content (AvgIpc) is 2.77. The summed E-state index contributed by atoms with van der Waals surface area (Å²) in [5.41, 5.74) is 3.59. The van der Waals surface area contributed by atoms with Gasteiger partial charge in [-0.25, -0.2) is 4.90 Å². The van der Waals surface area contributed by atoms with Crippen LogP contribution in [-0.4, -0.2) is 17.9 Å². The Balaban J connectivity index is 1.82. The highest BCUT2D eigenvalue weighted by atomic mass is 16.2. The van der Waals surface area contributed by atoms with Gasteiger partial charge in [-0.1, -0.05) is 35.9 Å². The normalized spacial score (nSPS) is 17.9. The Hall–Kier alpha value is -2.62. The van der Waals surface area contributed by atoms with Gasteiger partial charge in [0.05, 0.1) is 12.1 Å². The van der Waals surface area contributed by atoms with Crippen molar-refractivity contribution in [2.24, 2.45) is 0 Å². The first-order chi connectivity index (χ1) is 10.6. The van der Waals surface area contributed by atoms with Crippen LogP contribution in [0.5, 0.6) is 0 Å². The largest absolute Gasteiger partial charge is 0.373 e. The predicted molar refractivity (Wildman–Crippen MR) is 86.9 cm³/mol. The van der Waals surface area contributed by atoms with Crippen molar-refractivity contribution in [3.63, 3.8) is 0 Å². The smallest absolute Gasteiger partial charge is 0.256 e. The minimum absolute atomic E-state index is 0.163. The zero-order valence-corrected chi connectivity index (χ0v) is 12.7. The highest BCUT2D eigenvalue weighted by Gasteiger charge is 2.39. The number of aryl methyl sites for hydroxylation is 2. The molecule has 0 aromatic heterocycles. The lowest BCUT2D eigenvalue weighted by Crippen LogP contribution is -2.35. The van der Waals surface area contributed by atoms with Gasteiger partial charge in [0.1, 0.15) is 6.04 Å². The minimum atomic E-state index is -0.505. The number of hydrogen-bond donors (Lipinski definition) is 1. The average molecular weight is 294 g/mol. The second-order valence-corrected chi connectivity index (χ2v) is 5.62. The van der Waals surface area contributed by atoms with E-state index in [-0.39, 0.29) is 18.2 Å². The van der Waals surface area contributed by atoms with Crippen molar-refractivity contribution < 1.29 is 9.59 Å². The molecule has 0 unspecified atom stereocenters. The number of nitrogens with zero attached hydrogens (tertiary/aromatic N) is 1. The van der Waals surface area contributed by atoms with E-state index in [1.165, 1.54) is 4.90 Å². The molecule has 1 aliphatic rings. The van der Waals surface area contributed by atoms with Gasteiger partial charge in [-0.3, -0.25) is 9.59 Å². The Labute approximate surface area is 129 Å². The number of rotatable bonds is 3. The topological polar surface area (TPSA) is 49.4 Å². The number of anilines is 2. The summed E-state index contributed by atoms with van der Waals surface area (Å²) in [4.78, 5) is 26.1. The number of benzene rings is 2. The number of amides is 2. The van der Waals surface area contributed by atoms with Crippen molar-refractivity contribution in [3.05, 3.63) is 59.7 Å². The number of carbonyl (C=O) groups excluding carboxylic acids is 2. The fourth-order valence-electron chi connectivity index (χ4n) is 2.66. The van der Waals surface area contributed by atoms with Gasteiger partial charge >= 0.3 is 0 Å². The number of para-hydroxylation sites is 1. The molecule has 2 aromatic rings. The monoisotopic (exact) mass is 294 g/mol. The molecule has 0 radical (unpaired) electrons. The summed E-state index contributed by atoms with van der Waals surface area (Å²) >= 11 is 0. The van der Waals surface area contributed by atoms with Gasteiger partial charge in [0.25, 0.3) is 5.91 Å². The summed E-state index contributed by atoms with van der Waals surface area (Å²) in [5, 5.41) is 3.16. The number of carbonyl (C=O) groups is 2. The molecule has 0 saturated carbocycles. The van der Waals surface area contributed by atoms with Crippen LogP contribution in [0.25, 0.3) is 0 Å². The van der Waals surface area contributed by atoms with Crippen LogP contribution in [0.2, 0.25) is 0 Å². The Bertz CT molecular complexity index is 722. The van der Waals surface area contributed by atoms with Crippen LogP contribution < -0.4 is 10.2 Å². The maximum absolute atomic E-state index is 12.6. The van der Waals surface area contributed by atoms with Crippen LogP contribution in [0, 0.1) is 13.8 Å². The summed E-state index contributed by atoms with van der Waals surface area (Å²) in [6.45, 7) is 3.91. The SMILES string of the molecule is Cc1ccc(N[C@@H]2CC(=O)N(c3ccccc3C)C2=O)cc1. The van der Waals surface area contributed by atoms with E-state index in [1.807, 2.05) is 56.3 Å². The van der Waals surface area contributed by atoms with Gasteiger partial charge in [-0.15, -0.1) is 0 Å². The molecule has 1 heterocycles. The zero-order valence-electron chi connectivity index (χ0n) is 12.7. The van der Waals surface area contributed by atoms with E-state index in [0.29, 0.717) is 5.69 Å². The fraction of sp³-hybridized carbons (Fsp3) is 0.222. The van der Waals surface area contributed by atoms with Gasteiger partial charge in [-0.2, -0.15) is 0 Å². The van der Waals surface area contributed by atoms with Crippen LogP contribution in [0.3, 0.4) is 0 Å². The third-order valence-electron chi connectivity index (χ3n) is 3.90. The van der Waals surface area contributed by atoms with E-state index in [1.54, 1.807) is 6.07 Å². The molecule has 1 N–H and O–H groups in total. The highest BCUT2D eigenvalue weighted by molar-refractivity contribution is 6.23. The second-order valence-electron chi connectivity index (χ2n) is 5.62. The van der Waals surface area contributed by atoms with Crippen molar-refractivity contribution in [2.75, 3.05) is 10.2 Å². The summed E-state index contributed by atoms with van der Waals surface area (Å²) in [7, 11) is 0. The van der Waals surface area contributed by atoms with Gasteiger partial charge in [-0.05, 0) is 37.6 Å². The van der Waals surface area contributed by atoms with Crippen molar-refractivity contribution in [1.29, 1.82) is 0 Å². The van der Waals surface area contributed by atoms with E-state index in [0.717, 1.165) is 16.8 Å². The molecule has 0 spiro atoms. The van der Waals surface area contributed by atoms with Crippen LogP contribution in [0.15, 0.2) is 48.5 Å². The molecule has 22 heavy (non-hydrogen) atoms. The van der Waals surface area contributed by atoms with Crippen molar-refractivity contribution in [1.82, 2.24) is 0 Å². The van der Waals surface area contributed by atoms with E-state index in [9.17, 15) is 9.59 Å². The molecule has 112 valence electrons. The molecule has 2 amide bonds. The lowest BCUT2D eigenvalue weighted by molar-refractivity contribution is -0.121. The van der Waals surface area contributed by atoms with Crippen molar-refractivity contribution in [3.8, 4) is 0 Å². The molecule has 4 nitrogen and oxygen atoms in total. The molecular weight excluding hydrogens is 276 g/mol. The van der Waals surface area contributed by atoms with Crippen molar-refractivity contribution >= 4 is 23.2 Å². The molecule has 4 heteroatoms. The molecule has 0 aliphatic carbocycles. The summed E-state index contributed by atoms with van der Waals surface area (Å²) in [6.07, 6.45) is 0.182. The van der Waals surface area contributed by atoms with Gasteiger partial charge in [0.2, 0.25) is 5.91 Å². The summed E-state index contributed by atoms with van der Waals surface area (Å²) in [5.74, 6) is -0.358. The van der Waals surface area contributed by atoms with Gasteiger partial charge in [0.15, 0.2) is 0 Å². The number of imide groups is 1. The van der Waals surface area contributed by atoms with Crippen LogP contribution in [0.1, 0.15) is 17.5 Å². The summed E-state index contributed by atoms with van der Waals surface area (Å²) in [6, 6.07) is 14.7. The second kappa shape index (κ2) is 5.64. The molecule has 1 atom stereocenters. The van der Waals surface area contributed by atoms with Crippen LogP contribution >= 0.6 is 0 Å². The van der Waals surface area contributed by atoms with Gasteiger partial charge < -0.3 is 5.32 Å². The third-order valence-corrected chi connectivity index (χ3v) is 3.90. The van der Waals surface area contributed by atoms with E-state index < -0.39 is 6.04 Å². The molecule has 1 aliphatic heterocycles. The molecule has 1 saturated heterocycles. The predicted octanol–water partition coefficient (Wildman–Crippen LogP) is 3.05. The molecule has 3 rings (SSSR count). The van der Waals surface area contributed by atoms with E-state index >= 15 is 0 Å². The first-order valence-corrected chi connectivity index (χ1v) is 7.32. The van der Waals surface area contributed by atoms with Gasteiger partial charge in [0, 0.05) is 5.69 Å². The standard InChI is InChI=1S/C18H18N2O2/c1-12-7-9-14(10-8-12)19-15-11-17(21)20(18(15)22)16-6-4-3-5-13(16)2/h3-10,15,19H,11H2,1-2H3/t15-/m1/s1. The Morgan fingerprint density at radius 3 is 2.36 bits per heavy atom. The summed E-state index contributed by atoms with van der Waals surface area (Å²) < 4.78 is 0. The molecule has 2 aromatic carbocycles. The lowest BCUT2D eigenvalue weighted by atomic mass is 10.2. The third kappa shape index (κ3) is 2.60. The molecule has 1 fully saturated rings. The number of nitrogens with one attached hydrogen (secondary N) is 1. The maximum atomic E-state index is 12.6. The van der Waals surface area contributed by atoms with Crippen molar-refractivity contribution in [2.45, 2.75) is 26.3 Å². The first kappa shape index (κ1) is 14.3. The lowest BCUT2D eigenvalue weighted by Gasteiger charge is -2.18. The Kier molecular flexibility index (Phi) is 3.67. The quantitative estimate of drug-likeness (QED) is 0.885. The maximum Gasteiger partial charge on any atom is 0.256 e. The van der Waals surface area contributed by atoms with E-state index in [4.69, 9.17) is 0 Å². The zero-order chi connectivity index (χ0) is 15.7. The van der Waals surface area contributed by atoms with E-state index in [2.05, 4.69) is 5.32 Å². The van der Waals surface area contributed by atoms with Crippen LogP contribution in [-0.2, 0) is 9.59 Å². The highest BCUT2D eigenvalue weighted by Crippen LogP contribution is 2.27. The Morgan fingerprint density at radius 2 is 1.68 bits per heavy atom. The fourth-order valence-corrected chi connectivity index (χ4v) is 2.66. The Morgan fingerprint density at radius 1 is 1.00 bits per heavy atom. The number of hydrogen-bond acceptors (Lipinski definition) is 3.